The van der Waals surface area contributed by atoms with Crippen LogP contribution in [0.15, 0.2) is 0 Å². The van der Waals surface area contributed by atoms with Crippen LogP contribution < -0.4 is 0 Å². The molecular formula is C19H36O6. The summed E-state index contributed by atoms with van der Waals surface area (Å²) in [4.78, 5) is 22.2. The highest BCUT2D eigenvalue weighted by molar-refractivity contribution is 5.69. The van der Waals surface area contributed by atoms with Crippen molar-refractivity contribution < 1.29 is 28.9 Å². The van der Waals surface area contributed by atoms with Gasteiger partial charge in [0.2, 0.25) is 0 Å². The van der Waals surface area contributed by atoms with Crippen molar-refractivity contribution in [3.05, 3.63) is 0 Å². The molecule has 1 N–H and O–H groups in total. The molecule has 25 heavy (non-hydrogen) atoms. The number of ether oxygens (including phenoxy) is 3. The van der Waals surface area contributed by atoms with Crippen molar-refractivity contribution in [2.75, 3.05) is 19.8 Å². The van der Waals surface area contributed by atoms with Crippen LogP contribution in [0, 0.1) is 0 Å². The molecule has 0 atom stereocenters. The van der Waals surface area contributed by atoms with E-state index in [1.165, 1.54) is 0 Å². The van der Waals surface area contributed by atoms with Crippen molar-refractivity contribution >= 4 is 11.9 Å². The standard InChI is InChI=1S/C19H36O6/c1-3-5-14-23-19(24-15-6-4-2)16-25-18(22)13-11-9-7-8-10-12-17(20)21/h19H,3-16H2,1-2H3,(H,20,21). The number of unbranched alkanes of at least 4 members (excludes halogenated alkanes) is 6. The van der Waals surface area contributed by atoms with Gasteiger partial charge in [-0.1, -0.05) is 46.0 Å². The zero-order valence-corrected chi connectivity index (χ0v) is 16.0. The van der Waals surface area contributed by atoms with Crippen LogP contribution in [-0.2, 0) is 23.8 Å². The highest BCUT2D eigenvalue weighted by atomic mass is 16.7. The third-order valence-corrected chi connectivity index (χ3v) is 3.76. The van der Waals surface area contributed by atoms with Gasteiger partial charge in [-0.3, -0.25) is 9.59 Å². The van der Waals surface area contributed by atoms with Gasteiger partial charge in [0.15, 0.2) is 6.29 Å². The van der Waals surface area contributed by atoms with Crippen molar-refractivity contribution in [1.29, 1.82) is 0 Å². The number of hydrogen-bond donors (Lipinski definition) is 1. The predicted octanol–water partition coefficient (Wildman–Crippen LogP) is 4.30. The van der Waals surface area contributed by atoms with E-state index in [0.29, 0.717) is 26.1 Å². The number of carboxylic acids is 1. The lowest BCUT2D eigenvalue weighted by molar-refractivity contribution is -0.183. The lowest BCUT2D eigenvalue weighted by atomic mass is 10.1. The summed E-state index contributed by atoms with van der Waals surface area (Å²) in [6.45, 7) is 5.56. The molecule has 0 aromatic heterocycles. The van der Waals surface area contributed by atoms with Crippen molar-refractivity contribution in [3.8, 4) is 0 Å². The maximum absolute atomic E-state index is 11.8. The Morgan fingerprint density at radius 1 is 0.800 bits per heavy atom. The number of carbonyl (C=O) groups is 2. The highest BCUT2D eigenvalue weighted by Gasteiger charge is 2.12. The minimum Gasteiger partial charge on any atom is -0.481 e. The Labute approximate surface area is 152 Å². The van der Waals surface area contributed by atoms with E-state index in [2.05, 4.69) is 13.8 Å². The molecule has 0 rings (SSSR count). The lowest BCUT2D eigenvalue weighted by Gasteiger charge is -2.18. The van der Waals surface area contributed by atoms with Gasteiger partial charge in [0.25, 0.3) is 0 Å². The van der Waals surface area contributed by atoms with Crippen molar-refractivity contribution in [2.45, 2.75) is 90.8 Å². The average Bonchev–Trinajstić information content (AvgIpc) is 2.58. The second kappa shape index (κ2) is 17.7. The summed E-state index contributed by atoms with van der Waals surface area (Å²) in [6.07, 6.45) is 8.37. The van der Waals surface area contributed by atoms with E-state index in [4.69, 9.17) is 19.3 Å². The number of hydrogen-bond acceptors (Lipinski definition) is 5. The maximum atomic E-state index is 11.8. The first-order valence-corrected chi connectivity index (χ1v) is 9.70. The summed E-state index contributed by atoms with van der Waals surface area (Å²) in [5.41, 5.74) is 0. The van der Waals surface area contributed by atoms with Crippen LogP contribution in [0.1, 0.15) is 84.5 Å². The van der Waals surface area contributed by atoms with Gasteiger partial charge in [0.1, 0.15) is 6.61 Å². The molecule has 0 aliphatic heterocycles. The van der Waals surface area contributed by atoms with Crippen LogP contribution in [0.3, 0.4) is 0 Å². The van der Waals surface area contributed by atoms with Crippen molar-refractivity contribution in [3.63, 3.8) is 0 Å². The van der Waals surface area contributed by atoms with E-state index in [-0.39, 0.29) is 19.0 Å². The van der Waals surface area contributed by atoms with E-state index in [9.17, 15) is 9.59 Å². The van der Waals surface area contributed by atoms with E-state index in [1.807, 2.05) is 0 Å². The normalized spacial score (nSPS) is 11.0. The Morgan fingerprint density at radius 3 is 1.84 bits per heavy atom. The fourth-order valence-corrected chi connectivity index (χ4v) is 2.17. The molecule has 0 aliphatic carbocycles. The number of carboxylic acid groups (broad SMARTS) is 1. The van der Waals surface area contributed by atoms with Gasteiger partial charge in [-0.15, -0.1) is 0 Å². The summed E-state index contributed by atoms with van der Waals surface area (Å²) in [5.74, 6) is -0.978. The van der Waals surface area contributed by atoms with E-state index < -0.39 is 12.3 Å². The van der Waals surface area contributed by atoms with Crippen LogP contribution >= 0.6 is 0 Å². The molecule has 0 saturated carbocycles. The topological polar surface area (TPSA) is 82.1 Å². The molecule has 6 nitrogen and oxygen atoms in total. The Bertz CT molecular complexity index is 322. The first-order valence-electron chi connectivity index (χ1n) is 9.70. The first-order chi connectivity index (χ1) is 12.1. The molecule has 0 amide bonds. The van der Waals surface area contributed by atoms with Gasteiger partial charge in [-0.25, -0.2) is 0 Å². The largest absolute Gasteiger partial charge is 0.481 e. The predicted molar refractivity (Wildman–Crippen MR) is 96.4 cm³/mol. The quantitative estimate of drug-likeness (QED) is 0.223. The number of esters is 1. The maximum Gasteiger partial charge on any atom is 0.305 e. The second-order valence-corrected chi connectivity index (χ2v) is 6.22. The van der Waals surface area contributed by atoms with Gasteiger partial charge in [-0.05, 0) is 25.7 Å². The van der Waals surface area contributed by atoms with E-state index >= 15 is 0 Å². The van der Waals surface area contributed by atoms with Gasteiger partial charge < -0.3 is 19.3 Å². The monoisotopic (exact) mass is 360 g/mol. The Kier molecular flexibility index (Phi) is 16.9. The zero-order chi connectivity index (χ0) is 18.8. The van der Waals surface area contributed by atoms with E-state index in [1.54, 1.807) is 0 Å². The number of aliphatic carboxylic acids is 1. The molecule has 148 valence electrons. The minimum absolute atomic E-state index is 0.144. The summed E-state index contributed by atoms with van der Waals surface area (Å²) in [5, 5.41) is 8.55. The SMILES string of the molecule is CCCCOC(COC(=O)CCCCCCCC(=O)O)OCCCC. The number of rotatable bonds is 18. The van der Waals surface area contributed by atoms with Crippen LogP contribution in [-0.4, -0.2) is 43.2 Å². The molecule has 0 heterocycles. The summed E-state index contributed by atoms with van der Waals surface area (Å²) in [6, 6.07) is 0. The third kappa shape index (κ3) is 17.5. The van der Waals surface area contributed by atoms with Crippen LogP contribution in [0.5, 0.6) is 0 Å². The van der Waals surface area contributed by atoms with Crippen LogP contribution in [0.25, 0.3) is 0 Å². The molecular weight excluding hydrogens is 324 g/mol. The molecule has 0 radical (unpaired) electrons. The lowest BCUT2D eigenvalue weighted by Crippen LogP contribution is -2.26. The van der Waals surface area contributed by atoms with Crippen LogP contribution in [0.4, 0.5) is 0 Å². The van der Waals surface area contributed by atoms with Gasteiger partial charge in [0, 0.05) is 26.1 Å². The Hall–Kier alpha value is -1.14. The summed E-state index contributed by atoms with van der Waals surface area (Å²) in [7, 11) is 0. The van der Waals surface area contributed by atoms with Gasteiger partial charge >= 0.3 is 11.9 Å². The van der Waals surface area contributed by atoms with Gasteiger partial charge in [0.05, 0.1) is 0 Å². The minimum atomic E-state index is -0.750. The molecule has 0 saturated heterocycles. The fraction of sp³-hybridized carbons (Fsp3) is 0.895. The summed E-state index contributed by atoms with van der Waals surface area (Å²) >= 11 is 0. The number of carbonyl (C=O) groups excluding carboxylic acids is 1. The first kappa shape index (κ1) is 23.9. The second-order valence-electron chi connectivity index (χ2n) is 6.22. The molecule has 0 spiro atoms. The molecule has 0 bridgehead atoms. The molecule has 6 heteroatoms. The van der Waals surface area contributed by atoms with Crippen molar-refractivity contribution in [2.24, 2.45) is 0 Å². The van der Waals surface area contributed by atoms with Gasteiger partial charge in [-0.2, -0.15) is 0 Å². The Morgan fingerprint density at radius 2 is 1.32 bits per heavy atom. The molecule has 0 aliphatic rings. The molecule has 0 aromatic carbocycles. The molecule has 0 aromatic rings. The molecule has 0 unspecified atom stereocenters. The van der Waals surface area contributed by atoms with E-state index in [0.717, 1.165) is 51.4 Å². The smallest absolute Gasteiger partial charge is 0.305 e. The fourth-order valence-electron chi connectivity index (χ4n) is 2.17. The van der Waals surface area contributed by atoms with Crippen molar-refractivity contribution in [1.82, 2.24) is 0 Å². The zero-order valence-electron chi connectivity index (χ0n) is 16.0. The Balaban J connectivity index is 3.74. The highest BCUT2D eigenvalue weighted by Crippen LogP contribution is 2.08. The third-order valence-electron chi connectivity index (χ3n) is 3.76. The molecule has 0 fully saturated rings. The summed E-state index contributed by atoms with van der Waals surface area (Å²) < 4.78 is 16.5. The average molecular weight is 360 g/mol. The van der Waals surface area contributed by atoms with Crippen LogP contribution in [0.2, 0.25) is 0 Å².